The van der Waals surface area contributed by atoms with E-state index in [-0.39, 0.29) is 10.6 Å². The van der Waals surface area contributed by atoms with Crippen LogP contribution in [-0.4, -0.2) is 31.1 Å². The number of nitro benzene ring substituents is 1. The molecule has 1 atom stereocenters. The van der Waals surface area contributed by atoms with Gasteiger partial charge in [0.05, 0.1) is 9.95 Å². The van der Waals surface area contributed by atoms with Crippen LogP contribution in [-0.2, 0) is 0 Å². The third-order valence-electron chi connectivity index (χ3n) is 3.45. The summed E-state index contributed by atoms with van der Waals surface area (Å²) in [5, 5.41) is 14.9. The largest absolute Gasteiger partial charge is 0.366 e. The van der Waals surface area contributed by atoms with E-state index in [9.17, 15) is 10.1 Å². The van der Waals surface area contributed by atoms with Crippen molar-refractivity contribution in [3.63, 3.8) is 0 Å². The van der Waals surface area contributed by atoms with E-state index >= 15 is 0 Å². The number of likely N-dealkylation sites (N-methyl/N-ethyl adjacent to an activating group) is 1. The maximum Gasteiger partial charge on any atom is 0.294 e. The molecule has 1 saturated heterocycles. The lowest BCUT2D eigenvalue weighted by molar-refractivity contribution is -0.384. The van der Waals surface area contributed by atoms with Gasteiger partial charge in [-0.3, -0.25) is 10.1 Å². The number of nitrogens with zero attached hydrogens (tertiary/aromatic N) is 2. The molecule has 1 heterocycles. The Kier molecular flexibility index (Phi) is 4.61. The van der Waals surface area contributed by atoms with Crippen molar-refractivity contribution in [2.24, 2.45) is 0 Å². The third-order valence-corrected chi connectivity index (χ3v) is 3.76. The SMILES string of the molecule is CN(CC1CCCCN1)c1c(Cl)cccc1[N+](=O)[O-]. The Balaban J connectivity index is 2.17. The van der Waals surface area contributed by atoms with Crippen LogP contribution < -0.4 is 10.2 Å². The van der Waals surface area contributed by atoms with E-state index < -0.39 is 0 Å². The van der Waals surface area contributed by atoms with Crippen LogP contribution in [0.3, 0.4) is 0 Å². The number of rotatable bonds is 4. The molecule has 6 heteroatoms. The lowest BCUT2D eigenvalue weighted by atomic mass is 10.0. The second-order valence-corrected chi connectivity index (χ2v) is 5.30. The topological polar surface area (TPSA) is 58.4 Å². The molecule has 1 N–H and O–H groups in total. The number of para-hydroxylation sites is 1. The Labute approximate surface area is 117 Å². The zero-order chi connectivity index (χ0) is 13.8. The number of nitro groups is 1. The zero-order valence-electron chi connectivity index (χ0n) is 10.9. The second-order valence-electron chi connectivity index (χ2n) is 4.89. The van der Waals surface area contributed by atoms with E-state index in [2.05, 4.69) is 5.32 Å². The maximum absolute atomic E-state index is 11.1. The summed E-state index contributed by atoms with van der Waals surface area (Å²) in [6.07, 6.45) is 3.51. The fraction of sp³-hybridized carbons (Fsp3) is 0.538. The van der Waals surface area contributed by atoms with E-state index in [1.54, 1.807) is 12.1 Å². The molecule has 1 aliphatic rings. The van der Waals surface area contributed by atoms with Crippen molar-refractivity contribution < 1.29 is 4.92 Å². The molecule has 0 bridgehead atoms. The van der Waals surface area contributed by atoms with Crippen molar-refractivity contribution in [3.8, 4) is 0 Å². The minimum atomic E-state index is -0.383. The van der Waals surface area contributed by atoms with Crippen LogP contribution in [0.4, 0.5) is 11.4 Å². The number of hydrogen-bond acceptors (Lipinski definition) is 4. The van der Waals surface area contributed by atoms with Gasteiger partial charge in [0.15, 0.2) is 0 Å². The van der Waals surface area contributed by atoms with Crippen molar-refractivity contribution >= 4 is 23.0 Å². The lowest BCUT2D eigenvalue weighted by Crippen LogP contribution is -2.42. The van der Waals surface area contributed by atoms with Gasteiger partial charge in [-0.1, -0.05) is 24.1 Å². The van der Waals surface area contributed by atoms with Gasteiger partial charge in [0.1, 0.15) is 5.69 Å². The molecule has 0 aliphatic carbocycles. The highest BCUT2D eigenvalue weighted by atomic mass is 35.5. The van der Waals surface area contributed by atoms with E-state index in [1.165, 1.54) is 18.9 Å². The molecular formula is C13H18ClN3O2. The quantitative estimate of drug-likeness (QED) is 0.682. The van der Waals surface area contributed by atoms with Crippen LogP contribution in [0.25, 0.3) is 0 Å². The van der Waals surface area contributed by atoms with Gasteiger partial charge >= 0.3 is 0 Å². The molecule has 0 saturated carbocycles. The minimum Gasteiger partial charge on any atom is -0.366 e. The Morgan fingerprint density at radius 1 is 1.53 bits per heavy atom. The number of hydrogen-bond donors (Lipinski definition) is 1. The average molecular weight is 284 g/mol. The van der Waals surface area contributed by atoms with E-state index in [4.69, 9.17) is 11.6 Å². The van der Waals surface area contributed by atoms with Gasteiger partial charge in [-0.05, 0) is 25.5 Å². The first kappa shape index (κ1) is 14.1. The summed E-state index contributed by atoms with van der Waals surface area (Å²) in [4.78, 5) is 12.6. The van der Waals surface area contributed by atoms with E-state index in [0.717, 1.165) is 19.5 Å². The van der Waals surface area contributed by atoms with Crippen LogP contribution in [0.1, 0.15) is 19.3 Å². The zero-order valence-corrected chi connectivity index (χ0v) is 11.7. The summed E-state index contributed by atoms with van der Waals surface area (Å²) in [5.74, 6) is 0. The van der Waals surface area contributed by atoms with Gasteiger partial charge in [0.25, 0.3) is 5.69 Å². The molecule has 1 unspecified atom stereocenters. The minimum absolute atomic E-state index is 0.0609. The smallest absolute Gasteiger partial charge is 0.294 e. The number of halogens is 1. The Morgan fingerprint density at radius 3 is 2.95 bits per heavy atom. The fourth-order valence-electron chi connectivity index (χ4n) is 2.53. The van der Waals surface area contributed by atoms with Crippen LogP contribution >= 0.6 is 11.6 Å². The second kappa shape index (κ2) is 6.21. The first-order chi connectivity index (χ1) is 9.09. The van der Waals surface area contributed by atoms with Gasteiger partial charge in [-0.15, -0.1) is 0 Å². The molecule has 0 aromatic heterocycles. The van der Waals surface area contributed by atoms with Gasteiger partial charge in [-0.2, -0.15) is 0 Å². The normalized spacial score (nSPS) is 19.2. The highest BCUT2D eigenvalue weighted by Gasteiger charge is 2.23. The molecule has 1 fully saturated rings. The highest BCUT2D eigenvalue weighted by molar-refractivity contribution is 6.33. The standard InChI is InChI=1S/C13H18ClN3O2/c1-16(9-10-5-2-3-8-15-10)13-11(14)6-4-7-12(13)17(18)19/h4,6-7,10,15H,2-3,5,8-9H2,1H3. The van der Waals surface area contributed by atoms with Gasteiger partial charge < -0.3 is 10.2 Å². The van der Waals surface area contributed by atoms with Crippen LogP contribution in [0.2, 0.25) is 5.02 Å². The molecular weight excluding hydrogens is 266 g/mol. The molecule has 1 aliphatic heterocycles. The number of anilines is 1. The molecule has 5 nitrogen and oxygen atoms in total. The molecule has 1 aromatic carbocycles. The molecule has 19 heavy (non-hydrogen) atoms. The Bertz CT molecular complexity index is 461. The highest BCUT2D eigenvalue weighted by Crippen LogP contribution is 2.34. The lowest BCUT2D eigenvalue weighted by Gasteiger charge is -2.29. The predicted molar refractivity (Wildman–Crippen MR) is 77.0 cm³/mol. The Morgan fingerprint density at radius 2 is 2.32 bits per heavy atom. The summed E-state index contributed by atoms with van der Waals surface area (Å²) in [7, 11) is 1.85. The van der Waals surface area contributed by atoms with Crippen molar-refractivity contribution in [1.29, 1.82) is 0 Å². The van der Waals surface area contributed by atoms with Crippen molar-refractivity contribution in [2.45, 2.75) is 25.3 Å². The van der Waals surface area contributed by atoms with Crippen LogP contribution in [0, 0.1) is 10.1 Å². The first-order valence-corrected chi connectivity index (χ1v) is 6.85. The van der Waals surface area contributed by atoms with Gasteiger partial charge in [-0.25, -0.2) is 0 Å². The summed E-state index contributed by atoms with van der Waals surface area (Å²) in [6.45, 7) is 1.74. The van der Waals surface area contributed by atoms with E-state index in [1.807, 2.05) is 11.9 Å². The summed E-state index contributed by atoms with van der Waals surface area (Å²) in [6, 6.07) is 5.16. The van der Waals surface area contributed by atoms with Crippen molar-refractivity contribution in [2.75, 3.05) is 25.0 Å². The number of benzene rings is 1. The average Bonchev–Trinajstić information content (AvgIpc) is 2.39. The van der Waals surface area contributed by atoms with E-state index in [0.29, 0.717) is 16.8 Å². The summed E-state index contributed by atoms with van der Waals surface area (Å²) >= 11 is 6.12. The predicted octanol–water partition coefficient (Wildman–Crippen LogP) is 2.83. The maximum atomic E-state index is 11.1. The molecule has 0 amide bonds. The van der Waals surface area contributed by atoms with Crippen molar-refractivity contribution in [1.82, 2.24) is 5.32 Å². The van der Waals surface area contributed by atoms with Crippen LogP contribution in [0.5, 0.6) is 0 Å². The van der Waals surface area contributed by atoms with Gasteiger partial charge in [0, 0.05) is 25.7 Å². The molecule has 0 radical (unpaired) electrons. The fourth-order valence-corrected chi connectivity index (χ4v) is 2.84. The molecule has 0 spiro atoms. The Hall–Kier alpha value is -1.33. The molecule has 104 valence electrons. The number of nitrogens with one attached hydrogen (secondary N) is 1. The molecule has 1 aromatic rings. The summed E-state index contributed by atoms with van der Waals surface area (Å²) in [5.41, 5.74) is 0.562. The van der Waals surface area contributed by atoms with Crippen molar-refractivity contribution in [3.05, 3.63) is 33.3 Å². The monoisotopic (exact) mass is 283 g/mol. The van der Waals surface area contributed by atoms with Gasteiger partial charge in [0.2, 0.25) is 0 Å². The molecule has 2 rings (SSSR count). The number of piperidine rings is 1. The van der Waals surface area contributed by atoms with Crippen LogP contribution in [0.15, 0.2) is 18.2 Å². The first-order valence-electron chi connectivity index (χ1n) is 6.47. The third kappa shape index (κ3) is 3.36. The summed E-state index contributed by atoms with van der Waals surface area (Å²) < 4.78 is 0.